The van der Waals surface area contributed by atoms with Crippen LogP contribution in [0.2, 0.25) is 0 Å². The first kappa shape index (κ1) is 58.8. The van der Waals surface area contributed by atoms with Crippen LogP contribution in [0.3, 0.4) is 0 Å². The molecule has 0 aliphatic carbocycles. The van der Waals surface area contributed by atoms with Crippen LogP contribution in [0.15, 0.2) is 36.5 Å². The fourth-order valence-electron chi connectivity index (χ4n) is 2.93. The number of nitrogens with one attached hydrogen (secondary N) is 4. The predicted molar refractivity (Wildman–Crippen MR) is 201 cm³/mol. The van der Waals surface area contributed by atoms with Crippen LogP contribution in [0.1, 0.15) is 102 Å². The van der Waals surface area contributed by atoms with Crippen molar-refractivity contribution in [1.29, 1.82) is 0 Å². The van der Waals surface area contributed by atoms with Gasteiger partial charge in [0.05, 0.1) is 13.1 Å². The van der Waals surface area contributed by atoms with Crippen molar-refractivity contribution in [3.8, 4) is 0 Å². The van der Waals surface area contributed by atoms with Crippen molar-refractivity contribution >= 4 is 24.9 Å². The Bertz CT molecular complexity index is 661. The van der Waals surface area contributed by atoms with E-state index in [0.717, 1.165) is 44.0 Å². The highest BCUT2D eigenvalue weighted by Gasteiger charge is 2.13. The Labute approximate surface area is 284 Å². The highest BCUT2D eigenvalue weighted by atomic mass is 16.2. The lowest BCUT2D eigenvalue weighted by molar-refractivity contribution is -0.121. The largest absolute Gasteiger partial charge is 0.396 e. The van der Waals surface area contributed by atoms with Gasteiger partial charge >= 0.3 is 0 Å². The van der Waals surface area contributed by atoms with Gasteiger partial charge in [0.25, 0.3) is 0 Å². The van der Waals surface area contributed by atoms with Crippen molar-refractivity contribution in [2.45, 2.75) is 108 Å². The third kappa shape index (κ3) is 68.5. The van der Waals surface area contributed by atoms with Gasteiger partial charge in [0.2, 0.25) is 12.3 Å². The summed E-state index contributed by atoms with van der Waals surface area (Å²) in [4.78, 5) is 41.1. The Balaban J connectivity index is -0.0000000909. The number of rotatable bonds is 17. The second-order valence-electron chi connectivity index (χ2n) is 10.3. The van der Waals surface area contributed by atoms with Crippen LogP contribution in [-0.2, 0) is 19.2 Å². The zero-order chi connectivity index (χ0) is 37.6. The van der Waals surface area contributed by atoms with Gasteiger partial charge in [-0.3, -0.25) is 9.59 Å². The summed E-state index contributed by atoms with van der Waals surface area (Å²) in [5, 5.41) is 19.5. The molecule has 10 heteroatoms. The molecule has 2 atom stereocenters. The number of carbonyl (C=O) groups is 4. The molecule has 0 aromatic carbocycles. The fourth-order valence-corrected chi connectivity index (χ4v) is 2.93. The number of aliphatic hydroxyl groups excluding tert-OH is 1. The van der Waals surface area contributed by atoms with E-state index >= 15 is 0 Å². The summed E-state index contributed by atoms with van der Waals surface area (Å²) in [7, 11) is 3.67. The van der Waals surface area contributed by atoms with E-state index in [9.17, 15) is 14.4 Å². The number of nitrogens with two attached hydrogens (primary N) is 1. The lowest BCUT2D eigenvalue weighted by Gasteiger charge is -2.20. The van der Waals surface area contributed by atoms with E-state index in [-0.39, 0.29) is 24.3 Å². The van der Waals surface area contributed by atoms with E-state index in [0.29, 0.717) is 38.1 Å². The minimum Gasteiger partial charge on any atom is -0.396 e. The second kappa shape index (κ2) is 57.9. The third-order valence-electron chi connectivity index (χ3n) is 4.64. The van der Waals surface area contributed by atoms with Gasteiger partial charge in [-0.15, -0.1) is 0 Å². The average molecular weight is 660 g/mol. The molecule has 0 aromatic heterocycles. The van der Waals surface area contributed by atoms with Gasteiger partial charge in [-0.05, 0) is 64.2 Å². The van der Waals surface area contributed by atoms with E-state index < -0.39 is 0 Å². The molecule has 2 unspecified atom stereocenters. The smallest absolute Gasteiger partial charge is 0.234 e. The Morgan fingerprint density at radius 3 is 1.67 bits per heavy atom. The molecule has 0 spiro atoms. The van der Waals surface area contributed by atoms with Crippen molar-refractivity contribution < 1.29 is 24.3 Å². The van der Waals surface area contributed by atoms with E-state index in [1.807, 2.05) is 53.0 Å². The third-order valence-corrected chi connectivity index (χ3v) is 4.64. The normalized spacial score (nSPS) is 10.9. The molecule has 0 fully saturated rings. The minimum atomic E-state index is -0.0129. The SMILES string of the molecule is C=C/C=C(\C=C/C)C(C=O)CC(C)C.CC.CCC.CCCO.CCNC.CNCC(=O)NC(CNCC=O)CC(C)C.NC=O. The van der Waals surface area contributed by atoms with Crippen LogP contribution in [0, 0.1) is 17.8 Å². The lowest BCUT2D eigenvalue weighted by atomic mass is 9.90. The second-order valence-corrected chi connectivity index (χ2v) is 10.3. The Hall–Kier alpha value is -2.66. The number of hydrogen-bond acceptors (Lipinski definition) is 8. The molecular weight excluding hydrogens is 582 g/mol. The summed E-state index contributed by atoms with van der Waals surface area (Å²) in [5.41, 5.74) is 5.21. The van der Waals surface area contributed by atoms with Crippen molar-refractivity contribution in [3.63, 3.8) is 0 Å². The summed E-state index contributed by atoms with van der Waals surface area (Å²) in [5.74, 6) is 1.03. The quantitative estimate of drug-likeness (QED) is 0.0704. The summed E-state index contributed by atoms with van der Waals surface area (Å²) in [6.07, 6.45) is 13.6. The van der Waals surface area contributed by atoms with Gasteiger partial charge in [-0.25, -0.2) is 0 Å². The van der Waals surface area contributed by atoms with E-state index in [1.165, 1.54) is 6.42 Å². The predicted octanol–water partition coefficient (Wildman–Crippen LogP) is 5.22. The maximum absolute atomic E-state index is 11.4. The molecule has 0 aliphatic rings. The van der Waals surface area contributed by atoms with Crippen LogP contribution in [0.5, 0.6) is 0 Å². The minimum absolute atomic E-state index is 0.00389. The molecule has 0 aliphatic heterocycles. The number of carbonyl (C=O) groups excluding carboxylic acids is 4. The molecule has 0 aromatic rings. The van der Waals surface area contributed by atoms with Gasteiger partial charge < -0.3 is 41.7 Å². The number of amides is 2. The Morgan fingerprint density at radius 1 is 0.935 bits per heavy atom. The lowest BCUT2D eigenvalue weighted by Crippen LogP contribution is -2.45. The van der Waals surface area contributed by atoms with Crippen LogP contribution in [0.4, 0.5) is 0 Å². The number of aliphatic hydroxyl groups is 1. The summed E-state index contributed by atoms with van der Waals surface area (Å²) in [6, 6.07) is 0.0841. The van der Waals surface area contributed by atoms with Crippen molar-refractivity contribution in [1.82, 2.24) is 21.3 Å². The highest BCUT2D eigenvalue weighted by Crippen LogP contribution is 2.19. The number of primary amides is 1. The fraction of sp³-hybridized carbons (Fsp3) is 0.722. The first-order valence-electron chi connectivity index (χ1n) is 16.8. The summed E-state index contributed by atoms with van der Waals surface area (Å²) >= 11 is 0. The van der Waals surface area contributed by atoms with Crippen LogP contribution >= 0.6 is 0 Å². The van der Waals surface area contributed by atoms with Crippen molar-refractivity contribution in [3.05, 3.63) is 36.5 Å². The zero-order valence-electron chi connectivity index (χ0n) is 32.1. The molecule has 0 saturated heterocycles. The van der Waals surface area contributed by atoms with Crippen molar-refractivity contribution in [2.24, 2.45) is 23.5 Å². The standard InChI is InChI=1S/C13H20O.C11H23N3O2.C3H9N.C3H8O.C3H8.C2H6.CH3NO/c1-5-7-12(8-6-2)13(10-14)9-11(3)4;1-9(2)6-10(7-13-4-5-15)14-11(16)8-12-3;1-3-4-2;1-2-3-4;1-3-2;1-2;2-1-3/h5-8,10-11,13H,1,9H2,2-4H3;5,9-10,12-13H,4,6-8H2,1-3H3,(H,14,16);4H,3H2,1-2H3;4H,2-3H2,1H3;3H2,1-2H3;1-2H3;1H,(H2,2,3)/b8-6-,12-7+;;;;;;. The van der Waals surface area contributed by atoms with Crippen LogP contribution in [0.25, 0.3) is 0 Å². The molecule has 0 bridgehead atoms. The first-order valence-corrected chi connectivity index (χ1v) is 16.8. The monoisotopic (exact) mass is 660 g/mol. The van der Waals surface area contributed by atoms with Gasteiger partial charge in [0.1, 0.15) is 12.6 Å². The molecule has 276 valence electrons. The molecule has 7 N–H and O–H groups in total. The number of likely N-dealkylation sites (N-methyl/N-ethyl adjacent to an activating group) is 1. The summed E-state index contributed by atoms with van der Waals surface area (Å²) < 4.78 is 0. The highest BCUT2D eigenvalue weighted by molar-refractivity contribution is 5.78. The first-order chi connectivity index (χ1) is 21.9. The molecule has 0 heterocycles. The van der Waals surface area contributed by atoms with E-state index in [1.54, 1.807) is 13.1 Å². The Morgan fingerprint density at radius 2 is 1.39 bits per heavy atom. The van der Waals surface area contributed by atoms with Crippen LogP contribution in [-0.4, -0.2) is 82.9 Å². The van der Waals surface area contributed by atoms with Gasteiger partial charge in [0.15, 0.2) is 0 Å². The van der Waals surface area contributed by atoms with Gasteiger partial charge in [-0.2, -0.15) is 0 Å². The van der Waals surface area contributed by atoms with Crippen LogP contribution < -0.4 is 27.0 Å². The number of aldehydes is 2. The molecule has 0 radical (unpaired) electrons. The van der Waals surface area contributed by atoms with E-state index in [2.05, 4.69) is 82.0 Å². The van der Waals surface area contributed by atoms with Crippen molar-refractivity contribution in [2.75, 3.05) is 46.9 Å². The Kier molecular flexibility index (Phi) is 74.1. The molecule has 10 nitrogen and oxygen atoms in total. The zero-order valence-corrected chi connectivity index (χ0v) is 32.1. The molecular formula is C36H77N5O5. The van der Waals surface area contributed by atoms with Gasteiger partial charge in [0, 0.05) is 25.1 Å². The molecule has 0 saturated carbocycles. The maximum atomic E-state index is 11.4. The van der Waals surface area contributed by atoms with E-state index in [4.69, 9.17) is 9.90 Å². The average Bonchev–Trinajstić information content (AvgIpc) is 3.02. The number of hydrogen-bond donors (Lipinski definition) is 6. The molecule has 2 amide bonds. The molecule has 0 rings (SSSR count). The maximum Gasteiger partial charge on any atom is 0.234 e. The molecule has 46 heavy (non-hydrogen) atoms. The topological polar surface area (TPSA) is 163 Å². The number of allylic oxidation sites excluding steroid dienone is 5. The summed E-state index contributed by atoms with van der Waals surface area (Å²) in [6.45, 7) is 29.0. The van der Waals surface area contributed by atoms with Gasteiger partial charge in [-0.1, -0.05) is 107 Å².